The van der Waals surface area contributed by atoms with Gasteiger partial charge in [0.2, 0.25) is 11.5 Å². The fourth-order valence-electron chi connectivity index (χ4n) is 6.00. The van der Waals surface area contributed by atoms with Crippen molar-refractivity contribution in [1.29, 1.82) is 0 Å². The van der Waals surface area contributed by atoms with Crippen LogP contribution in [0, 0.1) is 0 Å². The second-order valence-corrected chi connectivity index (χ2v) is 12.8. The van der Waals surface area contributed by atoms with Crippen molar-refractivity contribution in [3.8, 4) is 45.6 Å². The predicted octanol–water partition coefficient (Wildman–Crippen LogP) is 9.43. The maximum Gasteiger partial charge on any atom is 0.205 e. The number of aliphatic hydroxyl groups excluding tert-OH is 2. The molecule has 8 nitrogen and oxygen atoms in total. The highest BCUT2D eigenvalue weighted by atomic mass is 79.9. The summed E-state index contributed by atoms with van der Waals surface area (Å²) in [6, 6.07) is 40.8. The standard InChI is InChI=1S/C44H41BrO8/c1-48-41-37(34(24-46)23-36(50-26-30-15-7-3-8-16-30)40(41)51-27-31-17-9-4-10-18-31)38-35(25-47)39(45)43(52-28-32-19-11-5-12-20-32)44(42(38)49-2)53-29-33-21-13-6-14-22-33/h3-23,46-47H,24-29H2,1-2H3. The van der Waals surface area contributed by atoms with E-state index in [0.717, 1.165) is 22.3 Å². The first-order valence-electron chi connectivity index (χ1n) is 17.1. The lowest BCUT2D eigenvalue weighted by Crippen LogP contribution is -2.09. The summed E-state index contributed by atoms with van der Waals surface area (Å²) in [4.78, 5) is 0. The van der Waals surface area contributed by atoms with Crippen LogP contribution in [0.15, 0.2) is 132 Å². The molecule has 6 rings (SSSR count). The van der Waals surface area contributed by atoms with Crippen molar-refractivity contribution in [2.24, 2.45) is 0 Å². The Bertz CT molecular complexity index is 2080. The van der Waals surface area contributed by atoms with Gasteiger partial charge in [-0.25, -0.2) is 0 Å². The molecule has 0 aliphatic carbocycles. The van der Waals surface area contributed by atoms with Gasteiger partial charge in [-0.15, -0.1) is 0 Å². The first kappa shape index (κ1) is 37.3. The Kier molecular flexibility index (Phi) is 12.9. The highest BCUT2D eigenvalue weighted by Gasteiger charge is 2.33. The van der Waals surface area contributed by atoms with Gasteiger partial charge in [0, 0.05) is 16.7 Å². The fourth-order valence-corrected chi connectivity index (χ4v) is 6.62. The summed E-state index contributed by atoms with van der Waals surface area (Å²) < 4.78 is 38.7. The molecule has 9 heteroatoms. The lowest BCUT2D eigenvalue weighted by molar-refractivity contribution is 0.237. The van der Waals surface area contributed by atoms with E-state index in [0.29, 0.717) is 49.7 Å². The van der Waals surface area contributed by atoms with E-state index in [2.05, 4.69) is 15.9 Å². The number of hydrogen-bond acceptors (Lipinski definition) is 8. The molecule has 272 valence electrons. The van der Waals surface area contributed by atoms with Gasteiger partial charge in [0.05, 0.1) is 31.9 Å². The van der Waals surface area contributed by atoms with Gasteiger partial charge < -0.3 is 38.6 Å². The normalized spacial score (nSPS) is 10.8. The molecular weight excluding hydrogens is 736 g/mol. The van der Waals surface area contributed by atoms with Crippen molar-refractivity contribution < 1.29 is 38.6 Å². The molecule has 0 saturated carbocycles. The zero-order valence-electron chi connectivity index (χ0n) is 29.6. The summed E-state index contributed by atoms with van der Waals surface area (Å²) in [5, 5.41) is 22.0. The molecule has 0 aromatic heterocycles. The first-order valence-corrected chi connectivity index (χ1v) is 17.9. The van der Waals surface area contributed by atoms with Gasteiger partial charge >= 0.3 is 0 Å². The molecule has 0 unspecified atom stereocenters. The summed E-state index contributed by atoms with van der Waals surface area (Å²) in [6.45, 7) is 0.0628. The van der Waals surface area contributed by atoms with E-state index in [1.165, 1.54) is 14.2 Å². The minimum atomic E-state index is -0.423. The third-order valence-corrected chi connectivity index (χ3v) is 9.43. The summed E-state index contributed by atoms with van der Waals surface area (Å²) in [6.07, 6.45) is 0. The van der Waals surface area contributed by atoms with Crippen molar-refractivity contribution >= 4 is 15.9 Å². The highest BCUT2D eigenvalue weighted by Crippen LogP contribution is 2.57. The highest BCUT2D eigenvalue weighted by molar-refractivity contribution is 9.10. The van der Waals surface area contributed by atoms with Crippen molar-refractivity contribution in [3.63, 3.8) is 0 Å². The van der Waals surface area contributed by atoms with Gasteiger partial charge in [-0.1, -0.05) is 121 Å². The zero-order chi connectivity index (χ0) is 37.0. The number of hydrogen-bond donors (Lipinski definition) is 2. The summed E-state index contributed by atoms with van der Waals surface area (Å²) in [5.74, 6) is 1.90. The molecule has 0 heterocycles. The van der Waals surface area contributed by atoms with Gasteiger partial charge in [-0.2, -0.15) is 0 Å². The van der Waals surface area contributed by atoms with Crippen LogP contribution in [0.5, 0.6) is 34.5 Å². The molecule has 6 aromatic carbocycles. The molecule has 0 atom stereocenters. The van der Waals surface area contributed by atoms with Crippen LogP contribution in [0.1, 0.15) is 33.4 Å². The number of halogens is 1. The van der Waals surface area contributed by atoms with Crippen molar-refractivity contribution in [2.45, 2.75) is 39.6 Å². The molecule has 2 N–H and O–H groups in total. The Morgan fingerprint density at radius 1 is 0.453 bits per heavy atom. The molecule has 0 bridgehead atoms. The van der Waals surface area contributed by atoms with Crippen LogP contribution in [0.3, 0.4) is 0 Å². The molecular formula is C44H41BrO8. The van der Waals surface area contributed by atoms with Gasteiger partial charge in [0.25, 0.3) is 0 Å². The van der Waals surface area contributed by atoms with Crippen LogP contribution < -0.4 is 28.4 Å². The average molecular weight is 778 g/mol. The Hall–Kier alpha value is -5.48. The van der Waals surface area contributed by atoms with E-state index in [4.69, 9.17) is 28.4 Å². The quantitative estimate of drug-likeness (QED) is 0.0947. The minimum Gasteiger partial charge on any atom is -0.492 e. The zero-order valence-corrected chi connectivity index (χ0v) is 31.2. The van der Waals surface area contributed by atoms with E-state index in [1.54, 1.807) is 6.07 Å². The number of benzene rings is 6. The predicted molar refractivity (Wildman–Crippen MR) is 208 cm³/mol. The van der Waals surface area contributed by atoms with Crippen LogP contribution >= 0.6 is 15.9 Å². The number of methoxy groups -OCH3 is 2. The monoisotopic (exact) mass is 776 g/mol. The molecule has 0 fully saturated rings. The second kappa shape index (κ2) is 18.3. The minimum absolute atomic E-state index is 0.199. The molecule has 0 aliphatic rings. The van der Waals surface area contributed by atoms with Crippen LogP contribution in [-0.4, -0.2) is 24.4 Å². The SMILES string of the molecule is COc1c(OCc2ccccc2)c(OCc2ccccc2)cc(CO)c1-c1c(CO)c(Br)c(OCc2ccccc2)c(OCc2ccccc2)c1OC. The Morgan fingerprint density at radius 3 is 1.26 bits per heavy atom. The Labute approximate surface area is 318 Å². The first-order chi connectivity index (χ1) is 26.1. The van der Waals surface area contributed by atoms with Crippen LogP contribution in [0.2, 0.25) is 0 Å². The van der Waals surface area contributed by atoms with Gasteiger partial charge in [-0.05, 0) is 49.8 Å². The lowest BCUT2D eigenvalue weighted by Gasteiger charge is -2.26. The van der Waals surface area contributed by atoms with Crippen molar-refractivity contribution in [3.05, 3.63) is 165 Å². The summed E-state index contributed by atoms with van der Waals surface area (Å²) in [5.41, 5.74) is 5.50. The van der Waals surface area contributed by atoms with E-state index < -0.39 is 13.2 Å². The maximum absolute atomic E-state index is 11.1. The Balaban J connectivity index is 1.55. The van der Waals surface area contributed by atoms with Crippen LogP contribution in [-0.2, 0) is 39.6 Å². The van der Waals surface area contributed by atoms with E-state index in [1.807, 2.05) is 121 Å². The molecule has 53 heavy (non-hydrogen) atoms. The summed E-state index contributed by atoms with van der Waals surface area (Å²) >= 11 is 3.76. The molecule has 6 aromatic rings. The third kappa shape index (κ3) is 8.77. The second-order valence-electron chi connectivity index (χ2n) is 12.0. The van der Waals surface area contributed by atoms with E-state index in [9.17, 15) is 10.2 Å². The average Bonchev–Trinajstić information content (AvgIpc) is 3.21. The van der Waals surface area contributed by atoms with E-state index in [-0.39, 0.29) is 37.9 Å². The van der Waals surface area contributed by atoms with Crippen molar-refractivity contribution in [2.75, 3.05) is 14.2 Å². The largest absolute Gasteiger partial charge is 0.492 e. The molecule has 0 spiro atoms. The van der Waals surface area contributed by atoms with Crippen LogP contribution in [0.25, 0.3) is 11.1 Å². The topological polar surface area (TPSA) is 95.8 Å². The Morgan fingerprint density at radius 2 is 0.849 bits per heavy atom. The lowest BCUT2D eigenvalue weighted by atomic mass is 9.92. The number of aliphatic hydroxyl groups is 2. The van der Waals surface area contributed by atoms with Gasteiger partial charge in [-0.3, -0.25) is 0 Å². The fraction of sp³-hybridized carbons (Fsp3) is 0.182. The molecule has 0 radical (unpaired) electrons. The molecule has 0 saturated heterocycles. The smallest absolute Gasteiger partial charge is 0.205 e. The summed E-state index contributed by atoms with van der Waals surface area (Å²) in [7, 11) is 3.06. The molecule has 0 aliphatic heterocycles. The van der Waals surface area contributed by atoms with Crippen molar-refractivity contribution in [1.82, 2.24) is 0 Å². The van der Waals surface area contributed by atoms with Gasteiger partial charge in [0.15, 0.2) is 23.0 Å². The van der Waals surface area contributed by atoms with Gasteiger partial charge in [0.1, 0.15) is 26.4 Å². The number of rotatable bonds is 17. The number of ether oxygens (including phenoxy) is 6. The molecule has 0 amide bonds. The maximum atomic E-state index is 11.1. The third-order valence-electron chi connectivity index (χ3n) is 8.59. The van der Waals surface area contributed by atoms with E-state index >= 15 is 0 Å². The van der Waals surface area contributed by atoms with Crippen LogP contribution in [0.4, 0.5) is 0 Å².